The minimum atomic E-state index is -3.11. The van der Waals surface area contributed by atoms with Crippen LogP contribution in [0, 0.1) is 10.1 Å². The largest absolute Gasteiger partial charge is 0.368 e. The van der Waals surface area contributed by atoms with Gasteiger partial charge in [-0.25, -0.2) is 13.4 Å². The van der Waals surface area contributed by atoms with Crippen molar-refractivity contribution in [2.45, 2.75) is 18.1 Å². The zero-order valence-electron chi connectivity index (χ0n) is 9.94. The first kappa shape index (κ1) is 13.5. The van der Waals surface area contributed by atoms with Crippen LogP contribution < -0.4 is 11.1 Å². The predicted molar refractivity (Wildman–Crippen MR) is 68.4 cm³/mol. The number of anilines is 2. The zero-order chi connectivity index (χ0) is 14.0. The van der Waals surface area contributed by atoms with Crippen molar-refractivity contribution in [2.75, 3.05) is 23.3 Å². The fourth-order valence-corrected chi connectivity index (χ4v) is 3.72. The summed E-state index contributed by atoms with van der Waals surface area (Å²) in [6.45, 7) is 0.0830. The Kier molecular flexibility index (Phi) is 3.51. The fraction of sp³-hybridized carbons (Fsp3) is 0.556. The highest BCUT2D eigenvalue weighted by Crippen LogP contribution is 2.24. The van der Waals surface area contributed by atoms with Crippen LogP contribution >= 0.6 is 0 Å². The van der Waals surface area contributed by atoms with Crippen molar-refractivity contribution in [3.8, 4) is 0 Å². The lowest BCUT2D eigenvalue weighted by Gasteiger charge is -2.11. The lowest BCUT2D eigenvalue weighted by molar-refractivity contribution is -0.384. The minimum absolute atomic E-state index is 0.0559. The molecule has 2 heterocycles. The van der Waals surface area contributed by atoms with Crippen molar-refractivity contribution in [3.05, 3.63) is 16.3 Å². The molecule has 0 radical (unpaired) electrons. The second-order valence-corrected chi connectivity index (χ2v) is 6.63. The Labute approximate surface area is 109 Å². The molecule has 0 amide bonds. The molecule has 1 aliphatic heterocycles. The lowest BCUT2D eigenvalue weighted by atomic mass is 10.2. The van der Waals surface area contributed by atoms with Gasteiger partial charge in [0.05, 0.1) is 15.9 Å². The third kappa shape index (κ3) is 2.89. The molecular formula is C9H13N5O4S. The molecule has 19 heavy (non-hydrogen) atoms. The van der Waals surface area contributed by atoms with Crippen LogP contribution in [-0.4, -0.2) is 40.9 Å². The van der Waals surface area contributed by atoms with E-state index in [1.807, 2.05) is 0 Å². The normalized spacial score (nSPS) is 21.2. The van der Waals surface area contributed by atoms with E-state index in [0.29, 0.717) is 12.8 Å². The summed E-state index contributed by atoms with van der Waals surface area (Å²) < 4.78 is 23.3. The van der Waals surface area contributed by atoms with Gasteiger partial charge in [-0.3, -0.25) is 10.1 Å². The number of sulfone groups is 1. The fourth-order valence-electron chi connectivity index (χ4n) is 1.95. The van der Waals surface area contributed by atoms with Gasteiger partial charge >= 0.3 is 5.69 Å². The number of hydrogen-bond acceptors (Lipinski definition) is 8. The summed E-state index contributed by atoms with van der Waals surface area (Å²) in [5.41, 5.74) is 5.03. The van der Waals surface area contributed by atoms with Gasteiger partial charge in [0, 0.05) is 6.54 Å². The Balaban J connectivity index is 2.15. The van der Waals surface area contributed by atoms with Crippen LogP contribution in [0.15, 0.2) is 6.20 Å². The summed E-state index contributed by atoms with van der Waals surface area (Å²) in [7, 11) is -3.11. The van der Waals surface area contributed by atoms with Gasteiger partial charge in [0.15, 0.2) is 9.84 Å². The van der Waals surface area contributed by atoms with E-state index in [9.17, 15) is 18.5 Å². The van der Waals surface area contributed by atoms with E-state index in [2.05, 4.69) is 15.3 Å². The number of nitrogens with one attached hydrogen (secondary N) is 1. The van der Waals surface area contributed by atoms with Crippen molar-refractivity contribution in [3.63, 3.8) is 0 Å². The van der Waals surface area contributed by atoms with Crippen molar-refractivity contribution < 1.29 is 13.3 Å². The molecule has 1 aliphatic rings. The molecule has 1 saturated heterocycles. The lowest BCUT2D eigenvalue weighted by Crippen LogP contribution is -2.25. The monoisotopic (exact) mass is 287 g/mol. The second-order valence-electron chi connectivity index (χ2n) is 4.23. The van der Waals surface area contributed by atoms with Gasteiger partial charge < -0.3 is 11.1 Å². The zero-order valence-corrected chi connectivity index (χ0v) is 10.8. The average molecular weight is 287 g/mol. The van der Waals surface area contributed by atoms with Crippen LogP contribution in [0.25, 0.3) is 0 Å². The Morgan fingerprint density at radius 3 is 2.89 bits per heavy atom. The molecule has 0 aliphatic carbocycles. The highest BCUT2D eigenvalue weighted by molar-refractivity contribution is 7.92. The summed E-state index contributed by atoms with van der Waals surface area (Å²) >= 11 is 0. The number of rotatable bonds is 4. The molecule has 1 fully saturated rings. The molecule has 0 aromatic carbocycles. The first-order chi connectivity index (χ1) is 8.90. The number of nitrogens with zero attached hydrogens (tertiary/aromatic N) is 3. The molecule has 104 valence electrons. The number of nitro groups is 1. The van der Waals surface area contributed by atoms with Crippen LogP contribution in [0.5, 0.6) is 0 Å². The summed E-state index contributed by atoms with van der Waals surface area (Å²) in [4.78, 5) is 17.4. The number of aromatic nitrogens is 2. The quantitative estimate of drug-likeness (QED) is 0.580. The van der Waals surface area contributed by atoms with E-state index < -0.39 is 20.0 Å². The predicted octanol–water partition coefficient (Wildman–Crippen LogP) is -0.0439. The van der Waals surface area contributed by atoms with Crippen molar-refractivity contribution in [1.29, 1.82) is 0 Å². The van der Waals surface area contributed by atoms with Gasteiger partial charge in [0.25, 0.3) is 0 Å². The molecule has 1 aromatic rings. The number of nitrogen functional groups attached to an aromatic ring is 1. The van der Waals surface area contributed by atoms with E-state index in [4.69, 9.17) is 5.73 Å². The van der Waals surface area contributed by atoms with Crippen LogP contribution in [0.3, 0.4) is 0 Å². The molecule has 9 nitrogen and oxygen atoms in total. The maximum Gasteiger partial charge on any atom is 0.329 e. The highest BCUT2D eigenvalue weighted by atomic mass is 32.2. The van der Waals surface area contributed by atoms with Crippen LogP contribution in [0.1, 0.15) is 12.8 Å². The van der Waals surface area contributed by atoms with Gasteiger partial charge in [0.2, 0.25) is 11.8 Å². The topological polar surface area (TPSA) is 141 Å². The Hall–Kier alpha value is -1.97. The first-order valence-electron chi connectivity index (χ1n) is 5.62. The van der Waals surface area contributed by atoms with Crippen LogP contribution in [0.4, 0.5) is 17.5 Å². The van der Waals surface area contributed by atoms with Gasteiger partial charge in [-0.1, -0.05) is 0 Å². The maximum atomic E-state index is 11.6. The third-order valence-electron chi connectivity index (χ3n) is 2.94. The van der Waals surface area contributed by atoms with E-state index in [0.717, 1.165) is 6.20 Å². The molecule has 1 unspecified atom stereocenters. The molecule has 10 heteroatoms. The minimum Gasteiger partial charge on any atom is -0.368 e. The maximum absolute atomic E-state index is 11.6. The molecule has 0 saturated carbocycles. The highest BCUT2D eigenvalue weighted by Gasteiger charge is 2.31. The first-order valence-corrected chi connectivity index (χ1v) is 7.34. The van der Waals surface area contributed by atoms with E-state index in [-0.39, 0.29) is 29.8 Å². The van der Waals surface area contributed by atoms with Crippen molar-refractivity contribution in [2.24, 2.45) is 0 Å². The molecule has 1 aromatic heterocycles. The van der Waals surface area contributed by atoms with E-state index in [1.165, 1.54) is 0 Å². The summed E-state index contributed by atoms with van der Waals surface area (Å²) in [5.74, 6) is -0.00476. The number of nitrogens with two attached hydrogens (primary N) is 1. The third-order valence-corrected chi connectivity index (χ3v) is 5.22. The molecule has 3 N–H and O–H groups in total. The molecule has 1 atom stereocenters. The Bertz CT molecular complexity index is 603. The smallest absolute Gasteiger partial charge is 0.329 e. The summed E-state index contributed by atoms with van der Waals surface area (Å²) in [6, 6.07) is 0. The number of hydrogen-bond donors (Lipinski definition) is 2. The Morgan fingerprint density at radius 1 is 1.58 bits per heavy atom. The van der Waals surface area contributed by atoms with Gasteiger partial charge in [-0.2, -0.15) is 4.98 Å². The van der Waals surface area contributed by atoms with Gasteiger partial charge in [-0.05, 0) is 12.8 Å². The molecular weight excluding hydrogens is 274 g/mol. The molecule has 2 rings (SSSR count). The van der Waals surface area contributed by atoms with E-state index >= 15 is 0 Å². The second kappa shape index (κ2) is 4.96. The van der Waals surface area contributed by atoms with Crippen LogP contribution in [0.2, 0.25) is 0 Å². The molecule has 0 spiro atoms. The average Bonchev–Trinajstić information content (AvgIpc) is 2.65. The van der Waals surface area contributed by atoms with Crippen molar-refractivity contribution in [1.82, 2.24) is 9.97 Å². The van der Waals surface area contributed by atoms with Gasteiger partial charge in [-0.15, -0.1) is 0 Å². The Morgan fingerprint density at radius 2 is 2.32 bits per heavy atom. The van der Waals surface area contributed by atoms with E-state index in [1.54, 1.807) is 0 Å². The van der Waals surface area contributed by atoms with Crippen molar-refractivity contribution >= 4 is 27.3 Å². The van der Waals surface area contributed by atoms with Gasteiger partial charge in [0.1, 0.15) is 6.20 Å². The molecule has 0 bridgehead atoms. The van der Waals surface area contributed by atoms with Crippen LogP contribution in [-0.2, 0) is 9.84 Å². The summed E-state index contributed by atoms with van der Waals surface area (Å²) in [5, 5.41) is 12.9. The summed E-state index contributed by atoms with van der Waals surface area (Å²) in [6.07, 6.45) is 2.15. The standard InChI is InChI=1S/C9H13N5O4S/c10-9-12-5-7(14(15)16)8(13-9)11-4-6-2-1-3-19(6,17)18/h5-6H,1-4H2,(H3,10,11,12,13). The SMILES string of the molecule is Nc1ncc([N+](=O)[O-])c(NCC2CCCS2(=O)=O)n1.